The van der Waals surface area contributed by atoms with Crippen molar-refractivity contribution in [1.82, 2.24) is 14.7 Å². The fourth-order valence-electron chi connectivity index (χ4n) is 2.24. The number of nitrogens with one attached hydrogen (secondary N) is 1. The molecule has 0 saturated heterocycles. The highest BCUT2D eigenvalue weighted by molar-refractivity contribution is 7.97. The summed E-state index contributed by atoms with van der Waals surface area (Å²) in [4.78, 5) is 9.05. The molecule has 148 valence electrons. The zero-order valence-electron chi connectivity index (χ0n) is 15.8. The molecule has 0 saturated carbocycles. The van der Waals surface area contributed by atoms with Crippen molar-refractivity contribution >= 4 is 23.1 Å². The minimum atomic E-state index is -4.32. The molecule has 0 aliphatic heterocycles. The van der Waals surface area contributed by atoms with Crippen LogP contribution in [0.5, 0.6) is 5.75 Å². The quantitative estimate of drug-likeness (QED) is 0.547. The van der Waals surface area contributed by atoms with Crippen LogP contribution in [-0.2, 0) is 0 Å². The second kappa shape index (κ2) is 9.08. The van der Waals surface area contributed by atoms with Crippen LogP contribution in [0.2, 0.25) is 0 Å². The van der Waals surface area contributed by atoms with Crippen molar-refractivity contribution in [2.75, 3.05) is 7.11 Å². The maximum atomic E-state index is 12.6. The number of pyridine rings is 2. The van der Waals surface area contributed by atoms with Crippen LogP contribution in [0.15, 0.2) is 35.5 Å². The summed E-state index contributed by atoms with van der Waals surface area (Å²) in [5, 5.41) is 9.65. The molecule has 1 atom stereocenters. The molecule has 0 radical (unpaired) electrons. The highest BCUT2D eigenvalue weighted by Crippen LogP contribution is 2.29. The summed E-state index contributed by atoms with van der Waals surface area (Å²) in [5.41, 5.74) is 2.90. The number of nitriles is 1. The molecule has 2 aromatic heterocycles. The number of nitrogens with zero attached hydrogens (tertiary/aromatic N) is 3. The van der Waals surface area contributed by atoms with E-state index in [-0.39, 0.29) is 0 Å². The lowest BCUT2D eigenvalue weighted by molar-refractivity contribution is -0.146. The van der Waals surface area contributed by atoms with E-state index in [0.717, 1.165) is 18.9 Å². The van der Waals surface area contributed by atoms with E-state index in [2.05, 4.69) is 20.8 Å². The van der Waals surface area contributed by atoms with Crippen molar-refractivity contribution in [1.29, 1.82) is 5.26 Å². The molecular formula is C19H19F3N4OS. The molecule has 28 heavy (non-hydrogen) atoms. The molecular weight excluding hydrogens is 389 g/mol. The van der Waals surface area contributed by atoms with E-state index in [4.69, 9.17) is 4.74 Å². The van der Waals surface area contributed by atoms with Gasteiger partial charge in [-0.2, -0.15) is 18.4 Å². The largest absolute Gasteiger partial charge is 0.495 e. The van der Waals surface area contributed by atoms with Gasteiger partial charge >= 0.3 is 6.18 Å². The highest BCUT2D eigenvalue weighted by atomic mass is 32.2. The first-order valence-corrected chi connectivity index (χ1v) is 9.06. The number of hydrogen-bond acceptors (Lipinski definition) is 6. The fraction of sp³-hybridized carbons (Fsp3) is 0.316. The third-order valence-corrected chi connectivity index (χ3v) is 4.97. The van der Waals surface area contributed by atoms with E-state index in [0.29, 0.717) is 38.7 Å². The lowest BCUT2D eigenvalue weighted by Crippen LogP contribution is -2.35. The van der Waals surface area contributed by atoms with Gasteiger partial charge in [0, 0.05) is 22.3 Å². The van der Waals surface area contributed by atoms with Crippen LogP contribution >= 0.6 is 11.9 Å². The summed E-state index contributed by atoms with van der Waals surface area (Å²) in [7, 11) is 1.52. The molecule has 1 N–H and O–H groups in total. The predicted octanol–water partition coefficient (Wildman–Crippen LogP) is 4.80. The number of allylic oxidation sites excluding steroid dienone is 2. The highest BCUT2D eigenvalue weighted by Gasteiger charge is 2.35. The lowest BCUT2D eigenvalue weighted by Gasteiger charge is -2.16. The Bertz CT molecular complexity index is 905. The second-order valence-electron chi connectivity index (χ2n) is 5.98. The average molecular weight is 408 g/mol. The van der Waals surface area contributed by atoms with Crippen LogP contribution in [0.1, 0.15) is 30.8 Å². The van der Waals surface area contributed by atoms with E-state index in [9.17, 15) is 18.4 Å². The molecule has 0 fully saturated rings. The Morgan fingerprint density at radius 3 is 2.54 bits per heavy atom. The van der Waals surface area contributed by atoms with Gasteiger partial charge in [-0.3, -0.25) is 9.97 Å². The molecule has 0 amide bonds. The molecule has 5 nitrogen and oxygen atoms in total. The van der Waals surface area contributed by atoms with Gasteiger partial charge in [0.2, 0.25) is 0 Å². The number of aryl methyl sites for hydroxylation is 1. The van der Waals surface area contributed by atoms with E-state index < -0.39 is 12.2 Å². The van der Waals surface area contributed by atoms with Crippen LogP contribution in [0.4, 0.5) is 13.2 Å². The Morgan fingerprint density at radius 2 is 2.00 bits per heavy atom. The summed E-state index contributed by atoms with van der Waals surface area (Å²) >= 11 is 0.854. The van der Waals surface area contributed by atoms with Crippen molar-refractivity contribution < 1.29 is 17.9 Å². The van der Waals surface area contributed by atoms with Crippen molar-refractivity contribution in [3.05, 3.63) is 47.5 Å². The molecule has 0 unspecified atom stereocenters. The third-order valence-electron chi connectivity index (χ3n) is 4.02. The summed E-state index contributed by atoms with van der Waals surface area (Å²) < 4.78 is 45.2. The SMILES string of the molecule is COc1cnc(C)c(/C(C#N)=C(\C)c2ccc(SN[C@H](C)C(F)(F)F)cn2)c1. The first-order valence-electron chi connectivity index (χ1n) is 8.24. The zero-order chi connectivity index (χ0) is 20.9. The summed E-state index contributed by atoms with van der Waals surface area (Å²) in [5.74, 6) is 0.533. The Morgan fingerprint density at radius 1 is 1.29 bits per heavy atom. The number of aromatic nitrogens is 2. The summed E-state index contributed by atoms with van der Waals surface area (Å²) in [6, 6.07) is 5.58. The van der Waals surface area contributed by atoms with Crippen LogP contribution in [-0.4, -0.2) is 29.3 Å². The van der Waals surface area contributed by atoms with Gasteiger partial charge in [0.25, 0.3) is 0 Å². The first-order chi connectivity index (χ1) is 13.2. The van der Waals surface area contributed by atoms with Gasteiger partial charge in [-0.1, -0.05) is 0 Å². The maximum Gasteiger partial charge on any atom is 0.404 e. The Labute approximate surface area is 165 Å². The topological polar surface area (TPSA) is 70.8 Å². The number of methoxy groups -OCH3 is 1. The van der Waals surface area contributed by atoms with Gasteiger partial charge in [0.15, 0.2) is 0 Å². The molecule has 9 heteroatoms. The first kappa shape index (κ1) is 21.7. The Balaban J connectivity index is 2.27. The molecule has 0 spiro atoms. The van der Waals surface area contributed by atoms with Gasteiger partial charge in [0.05, 0.1) is 24.6 Å². The molecule has 2 rings (SSSR count). The predicted molar refractivity (Wildman–Crippen MR) is 102 cm³/mol. The van der Waals surface area contributed by atoms with Gasteiger partial charge in [0.1, 0.15) is 17.9 Å². The van der Waals surface area contributed by atoms with Gasteiger partial charge < -0.3 is 4.74 Å². The Kier molecular flexibility index (Phi) is 7.05. The van der Waals surface area contributed by atoms with Crippen molar-refractivity contribution in [3.8, 4) is 11.8 Å². The van der Waals surface area contributed by atoms with E-state index in [1.54, 1.807) is 38.2 Å². The fourth-order valence-corrected chi connectivity index (χ4v) is 2.93. The molecule has 2 aromatic rings. The van der Waals surface area contributed by atoms with Gasteiger partial charge in [-0.25, -0.2) is 4.72 Å². The van der Waals surface area contributed by atoms with E-state index >= 15 is 0 Å². The Hall–Kier alpha value is -2.57. The van der Waals surface area contributed by atoms with Crippen molar-refractivity contribution in [3.63, 3.8) is 0 Å². The molecule has 0 bridgehead atoms. The maximum absolute atomic E-state index is 12.6. The van der Waals surface area contributed by atoms with Gasteiger partial charge in [-0.15, -0.1) is 0 Å². The zero-order valence-corrected chi connectivity index (χ0v) is 16.6. The minimum Gasteiger partial charge on any atom is -0.495 e. The van der Waals surface area contributed by atoms with Crippen LogP contribution in [0, 0.1) is 18.3 Å². The van der Waals surface area contributed by atoms with E-state index in [1.165, 1.54) is 13.3 Å². The van der Waals surface area contributed by atoms with Crippen LogP contribution < -0.4 is 9.46 Å². The average Bonchev–Trinajstić information content (AvgIpc) is 2.67. The monoisotopic (exact) mass is 408 g/mol. The number of rotatable bonds is 6. The van der Waals surface area contributed by atoms with Crippen molar-refractivity contribution in [2.24, 2.45) is 0 Å². The second-order valence-corrected chi connectivity index (χ2v) is 6.89. The normalized spacial score (nSPS) is 13.5. The van der Waals surface area contributed by atoms with Gasteiger partial charge in [-0.05, 0) is 56.5 Å². The standard InChI is InChI=1S/C19H19F3N4OS/c1-11(17(8-23)16-7-14(27-4)9-24-12(16)2)18-6-5-15(10-25-18)28-26-13(3)19(20,21)22/h5-7,9-10,13,26H,1-4H3/b17-11+/t13-/m1/s1. The third kappa shape index (κ3) is 5.24. The van der Waals surface area contributed by atoms with Crippen molar-refractivity contribution in [2.45, 2.75) is 37.9 Å². The lowest BCUT2D eigenvalue weighted by atomic mass is 9.98. The number of ether oxygens (including phenoxy) is 1. The van der Waals surface area contributed by atoms with Crippen LogP contribution in [0.3, 0.4) is 0 Å². The summed E-state index contributed by atoms with van der Waals surface area (Å²) in [6.07, 6.45) is -1.28. The smallest absolute Gasteiger partial charge is 0.404 e. The summed E-state index contributed by atoms with van der Waals surface area (Å²) in [6.45, 7) is 4.60. The molecule has 0 aliphatic rings. The number of hydrogen-bond donors (Lipinski definition) is 1. The van der Waals surface area contributed by atoms with E-state index in [1.807, 2.05) is 0 Å². The molecule has 2 heterocycles. The molecule has 0 aromatic carbocycles. The number of halogens is 3. The minimum absolute atomic E-state index is 0.403. The van der Waals surface area contributed by atoms with Crippen LogP contribution in [0.25, 0.3) is 11.1 Å². The number of alkyl halides is 3. The molecule has 0 aliphatic carbocycles.